The Labute approximate surface area is 144 Å². The van der Waals surface area contributed by atoms with Gasteiger partial charge in [0.15, 0.2) is 0 Å². The number of nitrogens with one attached hydrogen (secondary N) is 1. The standard InChI is InChI=1S/C19H18FN3O2/c20-14-10-23(19(24)13-6-2-1-3-7-13)11-17(14)25-12-18-21-15-8-4-5-9-16(15)22-18/h1-9,14,17H,10-12H2,(H,21,22)/t14-,17+/m1/s1. The smallest absolute Gasteiger partial charge is 0.254 e. The number of ether oxygens (including phenoxy) is 1. The second-order valence-electron chi connectivity index (χ2n) is 6.14. The van der Waals surface area contributed by atoms with Crippen LogP contribution in [0.5, 0.6) is 0 Å². The van der Waals surface area contributed by atoms with Gasteiger partial charge in [-0.3, -0.25) is 4.79 Å². The molecular weight excluding hydrogens is 321 g/mol. The predicted octanol–water partition coefficient (Wildman–Crippen LogP) is 2.94. The molecule has 1 N–H and O–H groups in total. The van der Waals surface area contributed by atoms with Crippen molar-refractivity contribution in [3.63, 3.8) is 0 Å². The van der Waals surface area contributed by atoms with Crippen LogP contribution in [0.15, 0.2) is 54.6 Å². The number of aromatic nitrogens is 2. The van der Waals surface area contributed by atoms with Crippen LogP contribution >= 0.6 is 0 Å². The summed E-state index contributed by atoms with van der Waals surface area (Å²) in [5, 5.41) is 0. The monoisotopic (exact) mass is 339 g/mol. The predicted molar refractivity (Wildman–Crippen MR) is 91.9 cm³/mol. The summed E-state index contributed by atoms with van der Waals surface area (Å²) in [6.07, 6.45) is -1.84. The van der Waals surface area contributed by atoms with Gasteiger partial charge in [0, 0.05) is 5.56 Å². The number of fused-ring (bicyclic) bond motifs is 1. The molecule has 5 nitrogen and oxygen atoms in total. The molecule has 1 aliphatic rings. The van der Waals surface area contributed by atoms with E-state index in [4.69, 9.17) is 4.74 Å². The van der Waals surface area contributed by atoms with Gasteiger partial charge in [-0.15, -0.1) is 0 Å². The number of H-pyrrole nitrogens is 1. The maximum atomic E-state index is 14.3. The van der Waals surface area contributed by atoms with Crippen molar-refractivity contribution in [1.29, 1.82) is 0 Å². The Kier molecular flexibility index (Phi) is 4.19. The molecular formula is C19H18FN3O2. The number of carbonyl (C=O) groups is 1. The molecule has 2 heterocycles. The number of imidazole rings is 1. The van der Waals surface area contributed by atoms with Gasteiger partial charge in [0.25, 0.3) is 5.91 Å². The number of aromatic amines is 1. The number of hydrogen-bond acceptors (Lipinski definition) is 3. The van der Waals surface area contributed by atoms with Crippen molar-refractivity contribution in [2.45, 2.75) is 18.9 Å². The van der Waals surface area contributed by atoms with Gasteiger partial charge in [-0.05, 0) is 24.3 Å². The van der Waals surface area contributed by atoms with Crippen molar-refractivity contribution in [3.8, 4) is 0 Å². The summed E-state index contributed by atoms with van der Waals surface area (Å²) in [6, 6.07) is 16.6. The van der Waals surface area contributed by atoms with Crippen molar-refractivity contribution >= 4 is 16.9 Å². The number of carbonyl (C=O) groups excluding carboxylic acids is 1. The Morgan fingerprint density at radius 2 is 1.92 bits per heavy atom. The van der Waals surface area contributed by atoms with Crippen LogP contribution in [0.2, 0.25) is 0 Å². The minimum absolute atomic E-state index is 0.0541. The molecule has 1 saturated heterocycles. The maximum absolute atomic E-state index is 14.3. The quantitative estimate of drug-likeness (QED) is 0.795. The van der Waals surface area contributed by atoms with E-state index in [-0.39, 0.29) is 25.6 Å². The summed E-state index contributed by atoms with van der Waals surface area (Å²) in [5.41, 5.74) is 2.34. The van der Waals surface area contributed by atoms with Crippen LogP contribution in [0.1, 0.15) is 16.2 Å². The molecule has 2 atom stereocenters. The SMILES string of the molecule is O=C(c1ccccc1)N1C[C@@H](F)[C@@H](OCc2nc3ccccc3[nH]2)C1. The van der Waals surface area contributed by atoms with Crippen LogP contribution in [-0.4, -0.2) is 46.1 Å². The Balaban J connectivity index is 1.39. The molecule has 0 unspecified atom stereocenters. The van der Waals surface area contributed by atoms with E-state index in [1.54, 1.807) is 24.3 Å². The van der Waals surface area contributed by atoms with Crippen molar-refractivity contribution in [2.24, 2.45) is 0 Å². The van der Waals surface area contributed by atoms with E-state index >= 15 is 0 Å². The van der Waals surface area contributed by atoms with Gasteiger partial charge < -0.3 is 14.6 Å². The average Bonchev–Trinajstić information content (AvgIpc) is 3.23. The highest BCUT2D eigenvalue weighted by molar-refractivity contribution is 5.94. The lowest BCUT2D eigenvalue weighted by Crippen LogP contribution is -2.30. The van der Waals surface area contributed by atoms with Crippen LogP contribution in [0.25, 0.3) is 11.0 Å². The van der Waals surface area contributed by atoms with E-state index < -0.39 is 12.3 Å². The van der Waals surface area contributed by atoms with Gasteiger partial charge in [-0.25, -0.2) is 9.37 Å². The Morgan fingerprint density at radius 1 is 1.16 bits per heavy atom. The number of benzene rings is 2. The fraction of sp³-hybridized carbons (Fsp3) is 0.263. The fourth-order valence-electron chi connectivity index (χ4n) is 3.08. The minimum atomic E-state index is -1.20. The lowest BCUT2D eigenvalue weighted by Gasteiger charge is -2.16. The number of amides is 1. The van der Waals surface area contributed by atoms with Gasteiger partial charge in [0.1, 0.15) is 24.7 Å². The van der Waals surface area contributed by atoms with Crippen molar-refractivity contribution < 1.29 is 13.9 Å². The Bertz CT molecular complexity index is 848. The van der Waals surface area contributed by atoms with Crippen LogP contribution < -0.4 is 0 Å². The Morgan fingerprint density at radius 3 is 2.72 bits per heavy atom. The molecule has 0 bridgehead atoms. The molecule has 0 aliphatic carbocycles. The van der Waals surface area contributed by atoms with E-state index in [9.17, 15) is 9.18 Å². The zero-order valence-electron chi connectivity index (χ0n) is 13.6. The van der Waals surface area contributed by atoms with Crippen LogP contribution in [0.4, 0.5) is 4.39 Å². The molecule has 0 radical (unpaired) electrons. The second-order valence-corrected chi connectivity index (χ2v) is 6.14. The largest absolute Gasteiger partial charge is 0.365 e. The van der Waals surface area contributed by atoms with Crippen molar-refractivity contribution in [1.82, 2.24) is 14.9 Å². The first-order valence-corrected chi connectivity index (χ1v) is 8.24. The second kappa shape index (κ2) is 6.64. The van der Waals surface area contributed by atoms with E-state index in [0.29, 0.717) is 11.4 Å². The van der Waals surface area contributed by atoms with Gasteiger partial charge in [-0.2, -0.15) is 0 Å². The highest BCUT2D eigenvalue weighted by Crippen LogP contribution is 2.20. The number of hydrogen-bond donors (Lipinski definition) is 1. The Hall–Kier alpha value is -2.73. The minimum Gasteiger partial charge on any atom is -0.365 e. The van der Waals surface area contributed by atoms with Gasteiger partial charge in [0.05, 0.1) is 24.1 Å². The lowest BCUT2D eigenvalue weighted by molar-refractivity contribution is 0.00887. The zero-order valence-corrected chi connectivity index (χ0v) is 13.6. The third-order valence-corrected chi connectivity index (χ3v) is 4.38. The molecule has 6 heteroatoms. The molecule has 0 spiro atoms. The van der Waals surface area contributed by atoms with Crippen LogP contribution in [0.3, 0.4) is 0 Å². The van der Waals surface area contributed by atoms with Crippen LogP contribution in [0, 0.1) is 0 Å². The van der Waals surface area contributed by atoms with E-state index in [1.807, 2.05) is 30.3 Å². The summed E-state index contributed by atoms with van der Waals surface area (Å²) in [5.74, 6) is 0.485. The number of nitrogens with zero attached hydrogens (tertiary/aromatic N) is 2. The summed E-state index contributed by atoms with van der Waals surface area (Å²) in [7, 11) is 0. The summed E-state index contributed by atoms with van der Waals surface area (Å²) < 4.78 is 20.0. The molecule has 0 saturated carbocycles. The topological polar surface area (TPSA) is 58.2 Å². The summed E-state index contributed by atoms with van der Waals surface area (Å²) in [6.45, 7) is 0.487. The van der Waals surface area contributed by atoms with Crippen molar-refractivity contribution in [3.05, 3.63) is 66.0 Å². The first-order chi connectivity index (χ1) is 12.2. The summed E-state index contributed by atoms with van der Waals surface area (Å²) >= 11 is 0. The van der Waals surface area contributed by atoms with Crippen molar-refractivity contribution in [2.75, 3.05) is 13.1 Å². The van der Waals surface area contributed by atoms with E-state index in [1.165, 1.54) is 4.90 Å². The van der Waals surface area contributed by atoms with Gasteiger partial charge >= 0.3 is 0 Å². The molecule has 128 valence electrons. The molecule has 1 amide bonds. The molecule has 1 fully saturated rings. The molecule has 3 aromatic rings. The number of likely N-dealkylation sites (tertiary alicyclic amines) is 1. The zero-order chi connectivity index (χ0) is 17.2. The number of rotatable bonds is 4. The molecule has 4 rings (SSSR count). The molecule has 25 heavy (non-hydrogen) atoms. The molecule has 2 aromatic carbocycles. The highest BCUT2D eigenvalue weighted by atomic mass is 19.1. The first-order valence-electron chi connectivity index (χ1n) is 8.24. The maximum Gasteiger partial charge on any atom is 0.254 e. The normalized spacial score (nSPS) is 20.3. The van der Waals surface area contributed by atoms with Crippen LogP contribution in [-0.2, 0) is 11.3 Å². The van der Waals surface area contributed by atoms with E-state index in [0.717, 1.165) is 11.0 Å². The van der Waals surface area contributed by atoms with Gasteiger partial charge in [0.2, 0.25) is 0 Å². The highest BCUT2D eigenvalue weighted by Gasteiger charge is 2.36. The molecule has 1 aromatic heterocycles. The van der Waals surface area contributed by atoms with E-state index in [2.05, 4.69) is 9.97 Å². The molecule has 1 aliphatic heterocycles. The number of alkyl halides is 1. The third-order valence-electron chi connectivity index (χ3n) is 4.38. The lowest BCUT2D eigenvalue weighted by atomic mass is 10.2. The average molecular weight is 339 g/mol. The summed E-state index contributed by atoms with van der Waals surface area (Å²) in [4.78, 5) is 21.5. The number of para-hydroxylation sites is 2. The third kappa shape index (κ3) is 3.25. The number of halogens is 1. The fourth-order valence-corrected chi connectivity index (χ4v) is 3.08. The first kappa shape index (κ1) is 15.8. The van der Waals surface area contributed by atoms with Gasteiger partial charge in [-0.1, -0.05) is 30.3 Å².